The summed E-state index contributed by atoms with van der Waals surface area (Å²) in [7, 11) is 0. The summed E-state index contributed by atoms with van der Waals surface area (Å²) in [6.45, 7) is 4.42. The van der Waals surface area contributed by atoms with E-state index >= 15 is 8.78 Å². The Hall–Kier alpha value is -6.73. The Balaban J connectivity index is 0.681. The van der Waals surface area contributed by atoms with Crippen LogP contribution in [-0.2, 0) is 32.1 Å². The van der Waals surface area contributed by atoms with Gasteiger partial charge in [-0.25, -0.2) is 18.7 Å². The standard InChI is InChI=1S/C47H47F2N11O5S/c48-33-18-29(19-36-32(33)22-60(55-36)42(44(64)54-45-50-13-17-66-45)41-38-2-1-14-57(38)27-51-41)28-3-6-31(7-4-28)58-23-46(24-58)25-59(26-46)40(62)21-47(65)11-15-56(16-12-47)37-9-5-30(20-34(37)49)52-35-8-10-39(61)53-43(35)63/h3-7,9,13,17-20,22,27,35,42,52,65H,1-2,8,10-12,14-16,21,23-26H2,(H,50,54,64)(H,53,61,63). The highest BCUT2D eigenvalue weighted by Crippen LogP contribution is 2.43. The van der Waals surface area contributed by atoms with Gasteiger partial charge in [0, 0.05) is 92.5 Å². The lowest BCUT2D eigenvalue weighted by Crippen LogP contribution is -2.73. The SMILES string of the molecule is O=C1CCC(Nc2ccc(N3CCC(O)(CC(=O)N4CC5(C4)CN(c4ccc(-c6cc(F)c7cn(C(C(=O)Nc8nccs8)c8ncn9c8CCC9)nc7c6)cc4)C5)CC3)c(F)c2)C(=O)N1. The number of hydrogen-bond donors (Lipinski definition) is 4. The van der Waals surface area contributed by atoms with Crippen LogP contribution in [0.15, 0.2) is 78.7 Å². The van der Waals surface area contributed by atoms with E-state index in [9.17, 15) is 24.3 Å². The number of aliphatic hydroxyl groups is 1. The fourth-order valence-corrected chi connectivity index (χ4v) is 10.9. The smallest absolute Gasteiger partial charge is 0.257 e. The molecule has 8 heterocycles. The van der Waals surface area contributed by atoms with Gasteiger partial charge in [0.05, 0.1) is 40.6 Å². The Morgan fingerprint density at radius 1 is 0.924 bits per heavy atom. The number of nitrogens with one attached hydrogen (secondary N) is 3. The normalized spacial score (nSPS) is 20.2. The third-order valence-corrected chi connectivity index (χ3v) is 14.6. The Kier molecular flexibility index (Phi) is 10.4. The zero-order chi connectivity index (χ0) is 45.3. The summed E-state index contributed by atoms with van der Waals surface area (Å²) in [5, 5.41) is 26.9. The van der Waals surface area contributed by atoms with Gasteiger partial charge in [-0.2, -0.15) is 5.10 Å². The first-order chi connectivity index (χ1) is 31.9. The highest BCUT2D eigenvalue weighted by atomic mass is 32.1. The van der Waals surface area contributed by atoms with Crippen molar-refractivity contribution in [2.24, 2.45) is 5.41 Å². The highest BCUT2D eigenvalue weighted by Gasteiger charge is 2.54. The molecule has 4 fully saturated rings. The molecule has 11 rings (SSSR count). The number of amides is 4. The number of anilines is 4. The van der Waals surface area contributed by atoms with Crippen molar-refractivity contribution in [3.63, 3.8) is 0 Å². The number of carbonyl (C=O) groups is 4. The quantitative estimate of drug-likeness (QED) is 0.127. The maximum absolute atomic E-state index is 15.8. The maximum atomic E-state index is 15.8. The number of fused-ring (bicyclic) bond motifs is 2. The van der Waals surface area contributed by atoms with Gasteiger partial charge in [-0.1, -0.05) is 12.1 Å². The lowest BCUT2D eigenvalue weighted by molar-refractivity contribution is -0.151. The molecule has 0 bridgehead atoms. The molecule has 16 nitrogen and oxygen atoms in total. The number of hydrogen-bond acceptors (Lipinski definition) is 12. The summed E-state index contributed by atoms with van der Waals surface area (Å²) in [4.78, 5) is 65.5. The zero-order valence-electron chi connectivity index (χ0n) is 35.9. The molecule has 66 heavy (non-hydrogen) atoms. The minimum absolute atomic E-state index is 0.00421. The molecule has 4 saturated heterocycles. The van der Waals surface area contributed by atoms with Gasteiger partial charge < -0.3 is 29.7 Å². The van der Waals surface area contributed by atoms with E-state index in [4.69, 9.17) is 5.10 Å². The van der Waals surface area contributed by atoms with Gasteiger partial charge in [0.15, 0.2) is 11.2 Å². The van der Waals surface area contributed by atoms with E-state index < -0.39 is 35.2 Å². The number of imide groups is 1. The Bertz CT molecular complexity index is 2880. The molecule has 0 saturated carbocycles. The van der Waals surface area contributed by atoms with Crippen LogP contribution in [0.4, 0.5) is 31.0 Å². The van der Waals surface area contributed by atoms with Gasteiger partial charge in [-0.15, -0.1) is 11.3 Å². The summed E-state index contributed by atoms with van der Waals surface area (Å²) in [5.41, 5.74) is 4.14. The summed E-state index contributed by atoms with van der Waals surface area (Å²) in [6.07, 6.45) is 7.89. The number of halogens is 2. The Morgan fingerprint density at radius 2 is 1.73 bits per heavy atom. The molecule has 5 aliphatic heterocycles. The van der Waals surface area contributed by atoms with Crippen LogP contribution in [0.3, 0.4) is 0 Å². The molecule has 19 heteroatoms. The third kappa shape index (κ3) is 7.82. The molecule has 2 atom stereocenters. The van der Waals surface area contributed by atoms with Crippen molar-refractivity contribution in [1.29, 1.82) is 0 Å². The van der Waals surface area contributed by atoms with Crippen molar-refractivity contribution in [3.8, 4) is 11.1 Å². The van der Waals surface area contributed by atoms with Crippen molar-refractivity contribution >= 4 is 68.1 Å². The molecule has 5 aliphatic rings. The van der Waals surface area contributed by atoms with Crippen molar-refractivity contribution in [3.05, 3.63) is 102 Å². The van der Waals surface area contributed by atoms with Crippen LogP contribution in [0.25, 0.3) is 22.0 Å². The molecular weight excluding hydrogens is 869 g/mol. The number of aryl methyl sites for hydroxylation is 1. The number of piperidine rings is 2. The third-order valence-electron chi connectivity index (χ3n) is 13.9. The highest BCUT2D eigenvalue weighted by molar-refractivity contribution is 7.13. The van der Waals surface area contributed by atoms with E-state index in [1.807, 2.05) is 40.1 Å². The van der Waals surface area contributed by atoms with Crippen LogP contribution in [0, 0.1) is 17.0 Å². The molecule has 340 valence electrons. The molecule has 1 spiro atoms. The first-order valence-electron chi connectivity index (χ1n) is 22.3. The molecule has 4 amide bonds. The van der Waals surface area contributed by atoms with Gasteiger partial charge in [0.25, 0.3) is 5.91 Å². The van der Waals surface area contributed by atoms with Crippen molar-refractivity contribution < 1.29 is 33.1 Å². The second-order valence-corrected chi connectivity index (χ2v) is 19.4. The number of carbonyl (C=O) groups excluding carboxylic acids is 4. The van der Waals surface area contributed by atoms with E-state index in [0.29, 0.717) is 84.1 Å². The molecule has 2 unspecified atom stereocenters. The van der Waals surface area contributed by atoms with Crippen molar-refractivity contribution in [2.45, 2.75) is 69.2 Å². The van der Waals surface area contributed by atoms with Crippen LogP contribution < -0.4 is 25.8 Å². The summed E-state index contributed by atoms with van der Waals surface area (Å²) in [6, 6.07) is 14.4. The lowest BCUT2D eigenvalue weighted by atomic mass is 9.72. The van der Waals surface area contributed by atoms with Crippen molar-refractivity contribution in [1.82, 2.24) is 34.5 Å². The first-order valence-corrected chi connectivity index (χ1v) is 23.2. The predicted molar refractivity (Wildman–Crippen MR) is 243 cm³/mol. The maximum Gasteiger partial charge on any atom is 0.257 e. The number of benzene rings is 3. The molecule has 0 aliphatic carbocycles. The summed E-state index contributed by atoms with van der Waals surface area (Å²) < 4.78 is 34.6. The van der Waals surface area contributed by atoms with Crippen LogP contribution >= 0.6 is 11.3 Å². The number of imidazole rings is 1. The van der Waals surface area contributed by atoms with Crippen molar-refractivity contribution in [2.75, 3.05) is 59.7 Å². The van der Waals surface area contributed by atoms with Gasteiger partial charge in [0.1, 0.15) is 17.7 Å². The summed E-state index contributed by atoms with van der Waals surface area (Å²) in [5.74, 6) is -2.09. The van der Waals surface area contributed by atoms with Crippen LogP contribution in [-0.4, -0.2) is 109 Å². The minimum atomic E-state index is -1.18. The number of rotatable bonds is 11. The molecule has 3 aromatic heterocycles. The second kappa shape index (κ2) is 16.3. The van der Waals surface area contributed by atoms with Gasteiger partial charge >= 0.3 is 0 Å². The number of nitrogens with zero attached hydrogens (tertiary/aromatic N) is 8. The fourth-order valence-electron chi connectivity index (χ4n) is 10.3. The van der Waals surface area contributed by atoms with E-state index in [2.05, 4.69) is 35.4 Å². The van der Waals surface area contributed by atoms with E-state index in [1.165, 1.54) is 28.2 Å². The minimum Gasteiger partial charge on any atom is -0.389 e. The van der Waals surface area contributed by atoms with Crippen LogP contribution in [0.1, 0.15) is 56.0 Å². The Labute approximate surface area is 381 Å². The number of thiazole rings is 1. The van der Waals surface area contributed by atoms with E-state index in [0.717, 1.165) is 49.4 Å². The lowest BCUT2D eigenvalue weighted by Gasteiger charge is -2.61. The van der Waals surface area contributed by atoms with Gasteiger partial charge in [0.2, 0.25) is 17.7 Å². The molecule has 0 radical (unpaired) electrons. The molecular formula is C47H47F2N11O5S. The zero-order valence-corrected chi connectivity index (χ0v) is 36.7. The summed E-state index contributed by atoms with van der Waals surface area (Å²) >= 11 is 1.31. The fraction of sp³-hybridized carbons (Fsp3) is 0.383. The van der Waals surface area contributed by atoms with Gasteiger partial charge in [-0.05, 0) is 85.7 Å². The molecule has 6 aromatic rings. The van der Waals surface area contributed by atoms with E-state index in [-0.39, 0.29) is 36.0 Å². The van der Waals surface area contributed by atoms with Crippen LogP contribution in [0.5, 0.6) is 0 Å². The largest absolute Gasteiger partial charge is 0.389 e. The average Bonchev–Trinajstić information content (AvgIpc) is 4.10. The first kappa shape index (κ1) is 41.9. The predicted octanol–water partition coefficient (Wildman–Crippen LogP) is 5.10. The molecule has 3 aromatic carbocycles. The van der Waals surface area contributed by atoms with Gasteiger partial charge in [-0.3, -0.25) is 34.5 Å². The second-order valence-electron chi connectivity index (χ2n) is 18.5. The Morgan fingerprint density at radius 3 is 2.47 bits per heavy atom. The van der Waals surface area contributed by atoms with Crippen LogP contribution in [0.2, 0.25) is 0 Å². The number of aromatic nitrogens is 5. The number of likely N-dealkylation sites (tertiary alicyclic amines) is 1. The average molecular weight is 916 g/mol. The topological polar surface area (TPSA) is 183 Å². The molecule has 4 N–H and O–H groups in total. The monoisotopic (exact) mass is 915 g/mol. The van der Waals surface area contributed by atoms with E-state index in [1.54, 1.807) is 36.2 Å².